The number of aliphatic hydroxyl groups excluding tert-OH is 1. The third kappa shape index (κ3) is 3.48. The summed E-state index contributed by atoms with van der Waals surface area (Å²) in [6.45, 7) is 0.461. The van der Waals surface area contributed by atoms with E-state index in [-0.39, 0.29) is 12.5 Å². The molecule has 1 aromatic heterocycles. The number of piperidine rings is 1. The lowest BCUT2D eigenvalue weighted by molar-refractivity contribution is 0.0366. The van der Waals surface area contributed by atoms with Crippen LogP contribution in [0.4, 0.5) is 0 Å². The number of amides is 1. The van der Waals surface area contributed by atoms with Crippen LogP contribution in [0.1, 0.15) is 16.8 Å². The highest BCUT2D eigenvalue weighted by Gasteiger charge is 2.34. The van der Waals surface area contributed by atoms with E-state index in [0.717, 1.165) is 15.2 Å². The number of carbonyl (C=O) groups excluding carboxylic acids is 1. The molecule has 2 heterocycles. The summed E-state index contributed by atoms with van der Waals surface area (Å²) >= 11 is 0. The first-order chi connectivity index (χ1) is 12.2. The van der Waals surface area contributed by atoms with Crippen molar-refractivity contribution in [3.05, 3.63) is 36.0 Å². The minimum atomic E-state index is -3.63. The lowest BCUT2D eigenvalue weighted by Gasteiger charge is -2.36. The first-order valence-corrected chi connectivity index (χ1v) is 9.86. The van der Waals surface area contributed by atoms with Gasteiger partial charge < -0.3 is 14.6 Å². The third-order valence-corrected chi connectivity index (χ3v) is 6.37. The number of nitrogens with zero attached hydrogens (tertiary/aromatic N) is 3. The van der Waals surface area contributed by atoms with Gasteiger partial charge in [-0.05, 0) is 24.6 Å². The van der Waals surface area contributed by atoms with Gasteiger partial charge in [-0.25, -0.2) is 0 Å². The maximum atomic E-state index is 12.9. The molecule has 0 bridgehead atoms. The van der Waals surface area contributed by atoms with E-state index in [1.807, 2.05) is 36.0 Å². The van der Waals surface area contributed by atoms with E-state index in [4.69, 9.17) is 0 Å². The molecule has 142 valence electrons. The molecule has 2 atom stereocenters. The SMILES string of the molecule is CN(C)S(=O)(=O)NC1CCN(C(=O)c2cccc3c2ccn3C)CC1O. The standard InChI is InChI=1S/C17H24N4O4S/c1-19(2)26(24,25)18-14-8-10-21(11-16(14)22)17(23)13-5-4-6-15-12(13)7-9-20(15)3/h4-7,9,14,16,18,22H,8,10-11H2,1-3H3. The molecule has 26 heavy (non-hydrogen) atoms. The summed E-state index contributed by atoms with van der Waals surface area (Å²) in [5, 5.41) is 11.2. The summed E-state index contributed by atoms with van der Waals surface area (Å²) in [6, 6.07) is 6.85. The number of likely N-dealkylation sites (tertiary alicyclic amines) is 1. The van der Waals surface area contributed by atoms with Gasteiger partial charge in [0.25, 0.3) is 16.1 Å². The molecular formula is C17H24N4O4S. The minimum Gasteiger partial charge on any atom is -0.390 e. The first-order valence-electron chi connectivity index (χ1n) is 8.42. The third-order valence-electron chi connectivity index (χ3n) is 4.81. The second-order valence-corrected chi connectivity index (χ2v) is 8.70. The van der Waals surface area contributed by atoms with Crippen LogP contribution < -0.4 is 4.72 Å². The molecule has 0 radical (unpaired) electrons. The van der Waals surface area contributed by atoms with Gasteiger partial charge >= 0.3 is 0 Å². The maximum absolute atomic E-state index is 12.9. The average molecular weight is 380 g/mol. The van der Waals surface area contributed by atoms with Crippen LogP contribution in [0.5, 0.6) is 0 Å². The molecule has 1 amide bonds. The highest BCUT2D eigenvalue weighted by molar-refractivity contribution is 7.87. The molecule has 0 spiro atoms. The van der Waals surface area contributed by atoms with E-state index in [2.05, 4.69) is 4.72 Å². The Morgan fingerprint density at radius 3 is 2.69 bits per heavy atom. The van der Waals surface area contributed by atoms with Crippen molar-refractivity contribution in [2.24, 2.45) is 7.05 Å². The van der Waals surface area contributed by atoms with Crippen molar-refractivity contribution in [1.82, 2.24) is 18.5 Å². The van der Waals surface area contributed by atoms with Gasteiger partial charge in [0.2, 0.25) is 0 Å². The molecule has 0 saturated carbocycles. The van der Waals surface area contributed by atoms with Crippen molar-refractivity contribution in [2.45, 2.75) is 18.6 Å². The normalized spacial score (nSPS) is 21.5. The molecular weight excluding hydrogens is 356 g/mol. The summed E-state index contributed by atoms with van der Waals surface area (Å²) < 4.78 is 29.4. The summed E-state index contributed by atoms with van der Waals surface area (Å²) in [4.78, 5) is 14.5. The van der Waals surface area contributed by atoms with Gasteiger partial charge in [0, 0.05) is 56.9 Å². The zero-order chi connectivity index (χ0) is 19.1. The number of carbonyl (C=O) groups is 1. The fraction of sp³-hybridized carbons (Fsp3) is 0.471. The van der Waals surface area contributed by atoms with Gasteiger partial charge in [-0.2, -0.15) is 17.4 Å². The number of aromatic nitrogens is 1. The quantitative estimate of drug-likeness (QED) is 0.789. The van der Waals surface area contributed by atoms with E-state index >= 15 is 0 Å². The largest absolute Gasteiger partial charge is 0.390 e. The number of nitrogens with one attached hydrogen (secondary N) is 1. The molecule has 0 aliphatic carbocycles. The molecule has 2 unspecified atom stereocenters. The maximum Gasteiger partial charge on any atom is 0.279 e. The summed E-state index contributed by atoms with van der Waals surface area (Å²) in [5.74, 6) is -0.158. The molecule has 1 aromatic carbocycles. The number of aliphatic hydroxyl groups is 1. The summed E-state index contributed by atoms with van der Waals surface area (Å²) in [5.41, 5.74) is 1.55. The molecule has 3 rings (SSSR count). The zero-order valence-electron chi connectivity index (χ0n) is 15.1. The highest BCUT2D eigenvalue weighted by atomic mass is 32.2. The fourth-order valence-electron chi connectivity index (χ4n) is 3.21. The lowest BCUT2D eigenvalue weighted by atomic mass is 10.0. The Labute approximate surface area is 153 Å². The van der Waals surface area contributed by atoms with Crippen LogP contribution in [-0.2, 0) is 17.3 Å². The van der Waals surface area contributed by atoms with Crippen LogP contribution in [0.25, 0.3) is 10.9 Å². The van der Waals surface area contributed by atoms with Gasteiger partial charge in [0.1, 0.15) is 0 Å². The van der Waals surface area contributed by atoms with E-state index < -0.39 is 22.4 Å². The van der Waals surface area contributed by atoms with Crippen molar-refractivity contribution >= 4 is 27.0 Å². The van der Waals surface area contributed by atoms with E-state index in [1.165, 1.54) is 14.1 Å². The van der Waals surface area contributed by atoms with Gasteiger partial charge in [-0.3, -0.25) is 4.79 Å². The smallest absolute Gasteiger partial charge is 0.279 e. The molecule has 1 aliphatic rings. The predicted octanol–water partition coefficient (Wildman–Crippen LogP) is 0.150. The second kappa shape index (κ2) is 6.99. The van der Waals surface area contributed by atoms with Crippen molar-refractivity contribution in [3.8, 4) is 0 Å². The van der Waals surface area contributed by atoms with Gasteiger partial charge in [0.15, 0.2) is 0 Å². The van der Waals surface area contributed by atoms with E-state index in [1.54, 1.807) is 11.0 Å². The summed E-state index contributed by atoms with van der Waals surface area (Å²) in [7, 11) is 1.14. The topological polar surface area (TPSA) is 94.9 Å². The van der Waals surface area contributed by atoms with Crippen LogP contribution in [0.3, 0.4) is 0 Å². The van der Waals surface area contributed by atoms with Crippen LogP contribution in [0.2, 0.25) is 0 Å². The number of hydrogen-bond donors (Lipinski definition) is 2. The zero-order valence-corrected chi connectivity index (χ0v) is 15.9. The number of rotatable bonds is 4. The molecule has 2 N–H and O–H groups in total. The van der Waals surface area contributed by atoms with Crippen LogP contribution in [0.15, 0.2) is 30.5 Å². The Balaban J connectivity index is 1.75. The molecule has 1 saturated heterocycles. The summed E-state index contributed by atoms with van der Waals surface area (Å²) in [6.07, 6.45) is 1.29. The van der Waals surface area contributed by atoms with Gasteiger partial charge in [-0.1, -0.05) is 6.07 Å². The second-order valence-electron chi connectivity index (χ2n) is 6.78. The lowest BCUT2D eigenvalue weighted by Crippen LogP contribution is -2.56. The first kappa shape index (κ1) is 18.8. The molecule has 8 nitrogen and oxygen atoms in total. The van der Waals surface area contributed by atoms with Crippen LogP contribution in [0, 0.1) is 0 Å². The Morgan fingerprint density at radius 2 is 2.04 bits per heavy atom. The number of β-amino-alcohol motifs (C(OH)–C–C–N with tert-alkyl or cyclic N) is 1. The van der Waals surface area contributed by atoms with Crippen LogP contribution >= 0.6 is 0 Å². The van der Waals surface area contributed by atoms with Gasteiger partial charge in [0.05, 0.1) is 12.1 Å². The molecule has 1 aliphatic heterocycles. The average Bonchev–Trinajstić information content (AvgIpc) is 2.97. The number of fused-ring (bicyclic) bond motifs is 1. The van der Waals surface area contributed by atoms with E-state index in [9.17, 15) is 18.3 Å². The molecule has 1 fully saturated rings. The van der Waals surface area contributed by atoms with Crippen molar-refractivity contribution in [3.63, 3.8) is 0 Å². The van der Waals surface area contributed by atoms with Gasteiger partial charge in [-0.15, -0.1) is 0 Å². The Bertz CT molecular complexity index is 922. The number of aryl methyl sites for hydroxylation is 1. The Hall–Kier alpha value is -1.94. The Morgan fingerprint density at radius 1 is 1.31 bits per heavy atom. The molecule has 2 aromatic rings. The minimum absolute atomic E-state index is 0.0860. The molecule has 9 heteroatoms. The Kier molecular flexibility index (Phi) is 5.07. The van der Waals surface area contributed by atoms with E-state index in [0.29, 0.717) is 18.5 Å². The fourth-order valence-corrected chi connectivity index (χ4v) is 4.08. The number of benzene rings is 1. The monoisotopic (exact) mass is 380 g/mol. The van der Waals surface area contributed by atoms with Crippen LogP contribution in [-0.4, -0.2) is 72.5 Å². The van der Waals surface area contributed by atoms with Crippen molar-refractivity contribution < 1.29 is 18.3 Å². The van der Waals surface area contributed by atoms with Crippen molar-refractivity contribution in [1.29, 1.82) is 0 Å². The van der Waals surface area contributed by atoms with Crippen molar-refractivity contribution in [2.75, 3.05) is 27.2 Å². The highest BCUT2D eigenvalue weighted by Crippen LogP contribution is 2.23. The predicted molar refractivity (Wildman–Crippen MR) is 99.0 cm³/mol. The number of hydrogen-bond acceptors (Lipinski definition) is 4.